The Morgan fingerprint density at radius 1 is 0.967 bits per heavy atom. The van der Waals surface area contributed by atoms with Gasteiger partial charge in [0.2, 0.25) is 0 Å². The van der Waals surface area contributed by atoms with Crippen molar-refractivity contribution >= 4 is 23.3 Å². The minimum Gasteiger partial charge on any atom is -0.369 e. The molecule has 158 valence electrons. The van der Waals surface area contributed by atoms with Gasteiger partial charge in [-0.3, -0.25) is 14.6 Å². The molecular formula is C23H27FN4O2. The van der Waals surface area contributed by atoms with E-state index >= 15 is 0 Å². The fourth-order valence-corrected chi connectivity index (χ4v) is 4.20. The number of carbonyl (C=O) groups is 2. The van der Waals surface area contributed by atoms with E-state index in [1.54, 1.807) is 6.92 Å². The predicted molar refractivity (Wildman–Crippen MR) is 115 cm³/mol. The molecule has 0 saturated carbocycles. The van der Waals surface area contributed by atoms with Gasteiger partial charge in [0.25, 0.3) is 5.91 Å². The number of rotatable bonds is 4. The van der Waals surface area contributed by atoms with Gasteiger partial charge in [-0.05, 0) is 62.2 Å². The third kappa shape index (κ3) is 3.65. The number of carbonyl (C=O) groups excluding carboxylic acids is 2. The molecule has 0 unspecified atom stereocenters. The van der Waals surface area contributed by atoms with E-state index in [2.05, 4.69) is 41.8 Å². The van der Waals surface area contributed by atoms with E-state index in [0.717, 1.165) is 26.2 Å². The molecule has 2 aromatic rings. The van der Waals surface area contributed by atoms with Gasteiger partial charge in [0.15, 0.2) is 0 Å². The number of amides is 3. The first-order valence-corrected chi connectivity index (χ1v) is 10.3. The summed E-state index contributed by atoms with van der Waals surface area (Å²) in [5.41, 5.74) is 4.35. The average Bonchev–Trinajstić information content (AvgIpc) is 2.95. The van der Waals surface area contributed by atoms with Gasteiger partial charge in [-0.25, -0.2) is 14.1 Å². The summed E-state index contributed by atoms with van der Waals surface area (Å²) < 4.78 is 13.2. The first kappa shape index (κ1) is 20.3. The quantitative estimate of drug-likeness (QED) is 0.725. The number of piperazine rings is 1. The molecule has 2 aliphatic heterocycles. The topological polar surface area (TPSA) is 47.1 Å². The summed E-state index contributed by atoms with van der Waals surface area (Å²) >= 11 is 0. The van der Waals surface area contributed by atoms with E-state index in [-0.39, 0.29) is 24.4 Å². The molecule has 0 aliphatic carbocycles. The molecule has 0 N–H and O–H groups in total. The van der Waals surface area contributed by atoms with Crippen LogP contribution in [0.15, 0.2) is 42.5 Å². The van der Waals surface area contributed by atoms with Gasteiger partial charge >= 0.3 is 6.03 Å². The van der Waals surface area contributed by atoms with Gasteiger partial charge in [0, 0.05) is 37.6 Å². The molecule has 0 radical (unpaired) electrons. The molecule has 0 spiro atoms. The highest BCUT2D eigenvalue weighted by Gasteiger charge is 2.44. The Balaban J connectivity index is 1.41. The zero-order chi connectivity index (χ0) is 21.4. The summed E-state index contributed by atoms with van der Waals surface area (Å²) in [4.78, 5) is 33.0. The lowest BCUT2D eigenvalue weighted by Crippen LogP contribution is -2.51. The Kier molecular flexibility index (Phi) is 5.47. The minimum absolute atomic E-state index is 0.221. The van der Waals surface area contributed by atoms with Crippen molar-refractivity contribution in [3.8, 4) is 0 Å². The number of aryl methyl sites for hydroxylation is 1. The SMILES string of the molecule is Cc1cccc(N2CCN(CN3C(=O)[C@@H](C)N(c4ccc(F)cc4)C3=O)CC2)c1C. The normalized spacial score (nSPS) is 20.4. The summed E-state index contributed by atoms with van der Waals surface area (Å²) in [6, 6.07) is 11.1. The van der Waals surface area contributed by atoms with E-state index in [0.29, 0.717) is 5.69 Å². The van der Waals surface area contributed by atoms with Crippen LogP contribution in [0.1, 0.15) is 18.1 Å². The molecule has 2 aromatic carbocycles. The highest BCUT2D eigenvalue weighted by atomic mass is 19.1. The maximum atomic E-state index is 13.2. The van der Waals surface area contributed by atoms with E-state index in [9.17, 15) is 14.0 Å². The summed E-state index contributed by atoms with van der Waals surface area (Å²) in [5.74, 6) is -0.593. The van der Waals surface area contributed by atoms with Gasteiger partial charge < -0.3 is 4.90 Å². The van der Waals surface area contributed by atoms with Crippen molar-refractivity contribution < 1.29 is 14.0 Å². The zero-order valence-electron chi connectivity index (χ0n) is 17.6. The van der Waals surface area contributed by atoms with Crippen LogP contribution in [0, 0.1) is 19.7 Å². The van der Waals surface area contributed by atoms with Gasteiger partial charge in [-0.2, -0.15) is 0 Å². The third-order valence-electron chi connectivity index (χ3n) is 6.18. The number of anilines is 2. The molecule has 2 heterocycles. The van der Waals surface area contributed by atoms with Crippen molar-refractivity contribution in [3.63, 3.8) is 0 Å². The standard InChI is InChI=1S/C23H27FN4O2/c1-16-5-4-6-21(17(16)2)26-13-11-25(12-14-26)15-27-22(29)18(3)28(23(27)30)20-9-7-19(24)8-10-20/h4-10,18H,11-15H2,1-3H3/t18-/m1/s1. The maximum absolute atomic E-state index is 13.2. The summed E-state index contributed by atoms with van der Waals surface area (Å²) in [5, 5.41) is 0. The number of benzene rings is 2. The second kappa shape index (κ2) is 8.07. The van der Waals surface area contributed by atoms with E-state index in [1.165, 1.54) is 50.9 Å². The highest BCUT2D eigenvalue weighted by Crippen LogP contribution is 2.27. The number of imide groups is 1. The average molecular weight is 410 g/mol. The number of hydrogen-bond acceptors (Lipinski definition) is 4. The number of nitrogens with zero attached hydrogens (tertiary/aromatic N) is 4. The van der Waals surface area contributed by atoms with Crippen molar-refractivity contribution in [2.24, 2.45) is 0 Å². The van der Waals surface area contributed by atoms with E-state index in [4.69, 9.17) is 0 Å². The summed E-state index contributed by atoms with van der Waals surface area (Å²) in [7, 11) is 0. The first-order chi connectivity index (χ1) is 14.4. The molecule has 3 amide bonds. The van der Waals surface area contributed by atoms with E-state index in [1.807, 2.05) is 0 Å². The Morgan fingerprint density at radius 2 is 1.63 bits per heavy atom. The fraction of sp³-hybridized carbons (Fsp3) is 0.391. The molecule has 2 aliphatic rings. The lowest BCUT2D eigenvalue weighted by Gasteiger charge is -2.38. The largest absolute Gasteiger partial charge is 0.369 e. The zero-order valence-corrected chi connectivity index (χ0v) is 17.6. The Bertz CT molecular complexity index is 954. The molecular weight excluding hydrogens is 383 g/mol. The Morgan fingerprint density at radius 3 is 2.30 bits per heavy atom. The van der Waals surface area contributed by atoms with Gasteiger partial charge in [-0.15, -0.1) is 0 Å². The van der Waals surface area contributed by atoms with Crippen molar-refractivity contribution in [2.75, 3.05) is 42.6 Å². The molecule has 0 bridgehead atoms. The maximum Gasteiger partial charge on any atom is 0.333 e. The van der Waals surface area contributed by atoms with Crippen LogP contribution in [0.3, 0.4) is 0 Å². The van der Waals surface area contributed by atoms with Crippen molar-refractivity contribution in [1.29, 1.82) is 0 Å². The summed E-state index contributed by atoms with van der Waals surface area (Å²) in [6.07, 6.45) is 0. The molecule has 0 aromatic heterocycles. The molecule has 2 fully saturated rings. The van der Waals surface area contributed by atoms with Crippen molar-refractivity contribution in [3.05, 3.63) is 59.4 Å². The third-order valence-corrected chi connectivity index (χ3v) is 6.18. The van der Waals surface area contributed by atoms with Crippen LogP contribution in [0.25, 0.3) is 0 Å². The van der Waals surface area contributed by atoms with Crippen LogP contribution >= 0.6 is 0 Å². The van der Waals surface area contributed by atoms with Crippen molar-refractivity contribution in [1.82, 2.24) is 9.80 Å². The van der Waals surface area contributed by atoms with Crippen LogP contribution < -0.4 is 9.80 Å². The van der Waals surface area contributed by atoms with Crippen LogP contribution in [-0.4, -0.2) is 60.6 Å². The van der Waals surface area contributed by atoms with E-state index < -0.39 is 6.04 Å². The molecule has 4 rings (SSSR count). The lowest BCUT2D eigenvalue weighted by molar-refractivity contribution is -0.128. The predicted octanol–water partition coefficient (Wildman–Crippen LogP) is 3.38. The van der Waals surface area contributed by atoms with Gasteiger partial charge in [-0.1, -0.05) is 12.1 Å². The van der Waals surface area contributed by atoms with Crippen LogP contribution in [-0.2, 0) is 4.79 Å². The van der Waals surface area contributed by atoms with Gasteiger partial charge in [0.1, 0.15) is 11.9 Å². The monoisotopic (exact) mass is 410 g/mol. The lowest BCUT2D eigenvalue weighted by atomic mass is 10.1. The first-order valence-electron chi connectivity index (χ1n) is 10.3. The molecule has 2 saturated heterocycles. The second-order valence-corrected chi connectivity index (χ2v) is 8.04. The summed E-state index contributed by atoms with van der Waals surface area (Å²) in [6.45, 7) is 9.49. The number of urea groups is 1. The van der Waals surface area contributed by atoms with Gasteiger partial charge in [0.05, 0.1) is 6.67 Å². The van der Waals surface area contributed by atoms with Crippen LogP contribution in [0.4, 0.5) is 20.6 Å². The Labute approximate surface area is 176 Å². The molecule has 6 nitrogen and oxygen atoms in total. The minimum atomic E-state index is -0.598. The van der Waals surface area contributed by atoms with Crippen LogP contribution in [0.5, 0.6) is 0 Å². The molecule has 7 heteroatoms. The second-order valence-electron chi connectivity index (χ2n) is 8.04. The van der Waals surface area contributed by atoms with Crippen molar-refractivity contribution in [2.45, 2.75) is 26.8 Å². The smallest absolute Gasteiger partial charge is 0.333 e. The highest BCUT2D eigenvalue weighted by molar-refractivity contribution is 6.14. The Hall–Kier alpha value is -2.93. The molecule has 30 heavy (non-hydrogen) atoms. The number of halogens is 1. The van der Waals surface area contributed by atoms with Crippen LogP contribution in [0.2, 0.25) is 0 Å². The number of hydrogen-bond donors (Lipinski definition) is 0. The molecule has 1 atom stereocenters. The fourth-order valence-electron chi connectivity index (χ4n) is 4.20.